The highest BCUT2D eigenvalue weighted by Crippen LogP contribution is 2.38. The van der Waals surface area contributed by atoms with Crippen LogP contribution in [0.15, 0.2) is 34.5 Å². The van der Waals surface area contributed by atoms with Crippen molar-refractivity contribution in [2.75, 3.05) is 11.6 Å². The molecule has 0 radical (unpaired) electrons. The van der Waals surface area contributed by atoms with Crippen molar-refractivity contribution in [3.8, 4) is 0 Å². The van der Waals surface area contributed by atoms with Crippen LogP contribution in [-0.2, 0) is 16.3 Å². The summed E-state index contributed by atoms with van der Waals surface area (Å²) >= 11 is 0.862. The number of aryl methyl sites for hydroxylation is 1. The van der Waals surface area contributed by atoms with Gasteiger partial charge in [-0.05, 0) is 24.1 Å². The second kappa shape index (κ2) is 5.82. The predicted molar refractivity (Wildman–Crippen MR) is 83.2 cm³/mol. The van der Waals surface area contributed by atoms with Gasteiger partial charge in [-0.1, -0.05) is 30.4 Å². The minimum absolute atomic E-state index is 0.0247. The lowest BCUT2D eigenvalue weighted by Crippen LogP contribution is -1.93. The zero-order chi connectivity index (χ0) is 15.6. The molecule has 0 unspecified atom stereocenters. The van der Waals surface area contributed by atoms with Crippen molar-refractivity contribution >= 4 is 37.5 Å². The number of hydrogen-bond acceptors (Lipinski definition) is 6. The number of nitro groups is 1. The Morgan fingerprint density at radius 1 is 1.33 bits per heavy atom. The van der Waals surface area contributed by atoms with Crippen molar-refractivity contribution in [1.29, 1.82) is 0 Å². The molecule has 0 bridgehead atoms. The molecule has 0 aliphatic rings. The third kappa shape index (κ3) is 3.59. The van der Waals surface area contributed by atoms with E-state index in [0.717, 1.165) is 35.6 Å². The highest BCUT2D eigenvalue weighted by atomic mass is 32.2. The summed E-state index contributed by atoms with van der Waals surface area (Å²) < 4.78 is 23.0. The quantitative estimate of drug-likeness (QED) is 0.672. The molecule has 0 fully saturated rings. The van der Waals surface area contributed by atoms with Crippen LogP contribution in [0.2, 0.25) is 0 Å². The van der Waals surface area contributed by atoms with Crippen molar-refractivity contribution in [3.63, 3.8) is 0 Å². The fourth-order valence-corrected chi connectivity index (χ4v) is 3.73. The zero-order valence-corrected chi connectivity index (χ0v) is 13.1. The van der Waals surface area contributed by atoms with Crippen molar-refractivity contribution in [2.24, 2.45) is 0 Å². The Bertz CT molecular complexity index is 781. The van der Waals surface area contributed by atoms with E-state index >= 15 is 0 Å². The molecule has 0 atom stereocenters. The van der Waals surface area contributed by atoms with E-state index in [4.69, 9.17) is 0 Å². The van der Waals surface area contributed by atoms with E-state index < -0.39 is 14.8 Å². The van der Waals surface area contributed by atoms with Gasteiger partial charge in [-0.25, -0.2) is 8.42 Å². The number of thiophene rings is 1. The zero-order valence-electron chi connectivity index (χ0n) is 11.5. The number of benzene rings is 1. The number of hydrogen-bond donors (Lipinski definition) is 1. The maximum atomic E-state index is 11.5. The summed E-state index contributed by atoms with van der Waals surface area (Å²) in [6.45, 7) is 2.01. The summed E-state index contributed by atoms with van der Waals surface area (Å²) in [5.74, 6) is 0. The molecule has 0 aliphatic heterocycles. The van der Waals surface area contributed by atoms with Crippen molar-refractivity contribution < 1.29 is 13.3 Å². The first-order chi connectivity index (χ1) is 9.81. The molecule has 1 aromatic heterocycles. The molecule has 8 heteroatoms. The second-order valence-corrected chi connectivity index (χ2v) is 7.78. The van der Waals surface area contributed by atoms with Crippen LogP contribution in [0.25, 0.3) is 0 Å². The molecule has 0 amide bonds. The average molecular weight is 326 g/mol. The van der Waals surface area contributed by atoms with Gasteiger partial charge >= 0.3 is 5.69 Å². The van der Waals surface area contributed by atoms with E-state index in [1.807, 2.05) is 25.1 Å². The molecule has 1 aromatic carbocycles. The maximum absolute atomic E-state index is 11.5. The SMILES string of the molecule is CCc1cccc(Nc2sc(S(C)(=O)=O)cc2[N+](=O)[O-])c1. The Labute approximate surface area is 126 Å². The molecule has 1 heterocycles. The molecule has 0 saturated heterocycles. The fourth-order valence-electron chi connectivity index (χ4n) is 1.77. The third-order valence-electron chi connectivity index (χ3n) is 2.85. The average Bonchev–Trinajstić information content (AvgIpc) is 2.83. The van der Waals surface area contributed by atoms with E-state index in [9.17, 15) is 18.5 Å². The molecular weight excluding hydrogens is 312 g/mol. The molecule has 0 saturated carbocycles. The highest BCUT2D eigenvalue weighted by Gasteiger charge is 2.23. The lowest BCUT2D eigenvalue weighted by Gasteiger charge is -2.05. The summed E-state index contributed by atoms with van der Waals surface area (Å²) in [7, 11) is -3.47. The van der Waals surface area contributed by atoms with E-state index in [0.29, 0.717) is 5.69 Å². The Kier molecular flexibility index (Phi) is 4.29. The third-order valence-corrected chi connectivity index (χ3v) is 5.69. The Morgan fingerprint density at radius 2 is 2.05 bits per heavy atom. The standard InChI is InChI=1S/C13H14N2O4S2/c1-3-9-5-4-6-10(7-9)14-13-11(15(16)17)8-12(20-13)21(2,18)19/h4-8,14H,3H2,1-2H3. The molecule has 2 aromatic rings. The molecule has 21 heavy (non-hydrogen) atoms. The summed E-state index contributed by atoms with van der Waals surface area (Å²) in [6.07, 6.45) is 1.88. The largest absolute Gasteiger partial charge is 0.341 e. The lowest BCUT2D eigenvalue weighted by molar-refractivity contribution is -0.383. The van der Waals surface area contributed by atoms with Gasteiger partial charge in [-0.3, -0.25) is 10.1 Å². The van der Waals surface area contributed by atoms with Gasteiger partial charge in [0.05, 0.1) is 4.92 Å². The monoisotopic (exact) mass is 326 g/mol. The molecule has 112 valence electrons. The molecule has 2 rings (SSSR count). The fraction of sp³-hybridized carbons (Fsp3) is 0.231. The summed E-state index contributed by atoms with van der Waals surface area (Å²) in [4.78, 5) is 10.5. The summed E-state index contributed by atoms with van der Waals surface area (Å²) in [5, 5.41) is 14.2. The molecule has 0 spiro atoms. The van der Waals surface area contributed by atoms with E-state index in [-0.39, 0.29) is 14.9 Å². The van der Waals surface area contributed by atoms with Crippen LogP contribution in [0.5, 0.6) is 0 Å². The normalized spacial score (nSPS) is 11.3. The first-order valence-electron chi connectivity index (χ1n) is 6.15. The molecular formula is C13H14N2O4S2. The van der Waals surface area contributed by atoms with E-state index in [1.54, 1.807) is 6.07 Å². The molecule has 0 aliphatic carbocycles. The number of sulfone groups is 1. The molecule has 6 nitrogen and oxygen atoms in total. The summed E-state index contributed by atoms with van der Waals surface area (Å²) in [5.41, 5.74) is 1.55. The highest BCUT2D eigenvalue weighted by molar-refractivity contribution is 7.92. The van der Waals surface area contributed by atoms with Crippen molar-refractivity contribution in [2.45, 2.75) is 17.6 Å². The minimum atomic E-state index is -3.47. The number of nitrogens with one attached hydrogen (secondary N) is 1. The van der Waals surface area contributed by atoms with Crippen LogP contribution >= 0.6 is 11.3 Å². The smallest absolute Gasteiger partial charge is 0.305 e. The molecule has 1 N–H and O–H groups in total. The number of rotatable bonds is 5. The van der Waals surface area contributed by atoms with Gasteiger partial charge in [0.25, 0.3) is 0 Å². The van der Waals surface area contributed by atoms with Crippen LogP contribution in [0, 0.1) is 10.1 Å². The van der Waals surface area contributed by atoms with Gasteiger partial charge in [0.15, 0.2) is 14.8 Å². The van der Waals surface area contributed by atoms with Crippen LogP contribution in [-0.4, -0.2) is 19.6 Å². The maximum Gasteiger partial charge on any atom is 0.305 e. The Hall–Kier alpha value is -1.93. The van der Waals surface area contributed by atoms with Crippen LogP contribution in [0.4, 0.5) is 16.4 Å². The second-order valence-electron chi connectivity index (χ2n) is 4.49. The van der Waals surface area contributed by atoms with Gasteiger partial charge in [0.1, 0.15) is 4.21 Å². The first kappa shape index (κ1) is 15.5. The van der Waals surface area contributed by atoms with E-state index in [2.05, 4.69) is 5.32 Å². The van der Waals surface area contributed by atoms with Gasteiger partial charge in [-0.15, -0.1) is 0 Å². The van der Waals surface area contributed by atoms with Crippen molar-refractivity contribution in [3.05, 3.63) is 46.0 Å². The van der Waals surface area contributed by atoms with Crippen LogP contribution in [0.1, 0.15) is 12.5 Å². The minimum Gasteiger partial charge on any atom is -0.341 e. The number of anilines is 2. The lowest BCUT2D eigenvalue weighted by atomic mass is 10.1. The predicted octanol–water partition coefficient (Wildman–Crippen LogP) is 3.37. The van der Waals surface area contributed by atoms with Crippen LogP contribution < -0.4 is 5.32 Å². The Morgan fingerprint density at radius 3 is 2.62 bits per heavy atom. The number of nitrogens with zero attached hydrogens (tertiary/aromatic N) is 1. The topological polar surface area (TPSA) is 89.3 Å². The van der Waals surface area contributed by atoms with E-state index in [1.165, 1.54) is 0 Å². The first-order valence-corrected chi connectivity index (χ1v) is 8.86. The summed E-state index contributed by atoms with van der Waals surface area (Å²) in [6, 6.07) is 8.55. The van der Waals surface area contributed by atoms with Gasteiger partial charge in [0, 0.05) is 18.0 Å². The van der Waals surface area contributed by atoms with Gasteiger partial charge in [-0.2, -0.15) is 0 Å². The van der Waals surface area contributed by atoms with Gasteiger partial charge < -0.3 is 5.32 Å². The van der Waals surface area contributed by atoms with Crippen LogP contribution in [0.3, 0.4) is 0 Å². The Balaban J connectivity index is 2.43. The van der Waals surface area contributed by atoms with Gasteiger partial charge in [0.2, 0.25) is 0 Å². The van der Waals surface area contributed by atoms with Crippen molar-refractivity contribution in [1.82, 2.24) is 0 Å².